The van der Waals surface area contributed by atoms with Crippen LogP contribution in [0.2, 0.25) is 0 Å². The van der Waals surface area contributed by atoms with Crippen molar-refractivity contribution in [2.75, 3.05) is 13.1 Å². The van der Waals surface area contributed by atoms with E-state index in [1.807, 2.05) is 17.5 Å². The topological polar surface area (TPSA) is 59.3 Å². The van der Waals surface area contributed by atoms with Gasteiger partial charge < -0.3 is 0 Å². The third-order valence-electron chi connectivity index (χ3n) is 4.81. The molecule has 0 spiro atoms. The molecule has 3 heterocycles. The van der Waals surface area contributed by atoms with E-state index in [0.717, 1.165) is 53.8 Å². The van der Waals surface area contributed by atoms with Crippen LogP contribution < -0.4 is 0 Å². The maximum absolute atomic E-state index is 10.8. The maximum Gasteiger partial charge on any atom is 0.324 e. The molecule has 0 unspecified atom stereocenters. The molecule has 0 N–H and O–H groups in total. The van der Waals surface area contributed by atoms with Crippen LogP contribution in [-0.4, -0.2) is 27.9 Å². The van der Waals surface area contributed by atoms with Gasteiger partial charge >= 0.3 is 5.00 Å². The second kappa shape index (κ2) is 8.18. The summed E-state index contributed by atoms with van der Waals surface area (Å²) < 4.78 is 1.07. The fourth-order valence-electron chi connectivity index (χ4n) is 3.39. The predicted octanol–water partition coefficient (Wildman–Crippen LogP) is 5.92. The fourth-order valence-corrected chi connectivity index (χ4v) is 5.51. The van der Waals surface area contributed by atoms with Crippen molar-refractivity contribution in [3.63, 3.8) is 0 Å². The van der Waals surface area contributed by atoms with E-state index in [4.69, 9.17) is 4.98 Å². The van der Waals surface area contributed by atoms with Crippen LogP contribution in [0.3, 0.4) is 0 Å². The minimum atomic E-state index is -0.314. The SMILES string of the molecule is O=[N+]([O-])c1cc(CN2CCC(c3nc(-c4cccc(Br)c4)cs3)CC2)cs1. The Morgan fingerprint density at radius 1 is 1.22 bits per heavy atom. The van der Waals surface area contributed by atoms with Gasteiger partial charge in [0.2, 0.25) is 0 Å². The number of thiophene rings is 1. The summed E-state index contributed by atoms with van der Waals surface area (Å²) in [6, 6.07) is 9.94. The number of nitro groups is 1. The second-order valence-electron chi connectivity index (χ2n) is 6.68. The first-order valence-corrected chi connectivity index (χ1v) is 11.3. The summed E-state index contributed by atoms with van der Waals surface area (Å²) in [6.45, 7) is 2.79. The van der Waals surface area contributed by atoms with Crippen LogP contribution in [-0.2, 0) is 6.54 Å². The first kappa shape index (κ1) is 18.7. The minimum Gasteiger partial charge on any atom is -0.299 e. The normalized spacial score (nSPS) is 15.9. The van der Waals surface area contributed by atoms with Crippen molar-refractivity contribution in [2.24, 2.45) is 0 Å². The molecule has 4 rings (SSSR count). The van der Waals surface area contributed by atoms with Gasteiger partial charge in [-0.3, -0.25) is 15.0 Å². The summed E-state index contributed by atoms with van der Waals surface area (Å²) in [6.07, 6.45) is 2.16. The highest BCUT2D eigenvalue weighted by Gasteiger charge is 2.24. The van der Waals surface area contributed by atoms with E-state index in [0.29, 0.717) is 5.92 Å². The van der Waals surface area contributed by atoms with Gasteiger partial charge in [-0.25, -0.2) is 4.98 Å². The Morgan fingerprint density at radius 2 is 2.04 bits per heavy atom. The lowest BCUT2D eigenvalue weighted by molar-refractivity contribution is -0.380. The number of aromatic nitrogens is 1. The molecule has 0 amide bonds. The second-order valence-corrected chi connectivity index (χ2v) is 9.38. The van der Waals surface area contributed by atoms with E-state index in [2.05, 4.69) is 38.3 Å². The molecule has 2 aromatic heterocycles. The summed E-state index contributed by atoms with van der Waals surface area (Å²) in [7, 11) is 0. The van der Waals surface area contributed by atoms with E-state index in [1.165, 1.54) is 16.3 Å². The third-order valence-corrected chi connectivity index (χ3v) is 7.23. The number of hydrogen-bond acceptors (Lipinski definition) is 6. The molecule has 0 radical (unpaired) electrons. The zero-order valence-electron chi connectivity index (χ0n) is 14.5. The Hall–Kier alpha value is -1.61. The molecule has 0 aliphatic carbocycles. The van der Waals surface area contributed by atoms with E-state index in [-0.39, 0.29) is 9.92 Å². The first-order valence-electron chi connectivity index (χ1n) is 8.74. The smallest absolute Gasteiger partial charge is 0.299 e. The Bertz CT molecular complexity index is 948. The van der Waals surface area contributed by atoms with Crippen LogP contribution >= 0.6 is 38.6 Å². The highest BCUT2D eigenvalue weighted by Crippen LogP contribution is 2.34. The molecule has 5 nitrogen and oxygen atoms in total. The standard InChI is InChI=1S/C19H18BrN3O2S2/c20-16-3-1-2-15(9-16)17-12-27-19(21-17)14-4-6-22(7-5-14)10-13-8-18(23(24)25)26-11-13/h1-3,8-9,11-12,14H,4-7,10H2. The van der Waals surface area contributed by atoms with Crippen LogP contribution in [0, 0.1) is 10.1 Å². The van der Waals surface area contributed by atoms with E-state index >= 15 is 0 Å². The van der Waals surface area contributed by atoms with E-state index in [9.17, 15) is 10.1 Å². The monoisotopic (exact) mass is 463 g/mol. The number of thiazole rings is 1. The van der Waals surface area contributed by atoms with Gasteiger partial charge in [-0.1, -0.05) is 39.4 Å². The highest BCUT2D eigenvalue weighted by molar-refractivity contribution is 9.10. The molecule has 140 valence electrons. The van der Waals surface area contributed by atoms with E-state index in [1.54, 1.807) is 17.4 Å². The summed E-state index contributed by atoms with van der Waals surface area (Å²) in [5, 5.41) is 16.3. The zero-order valence-corrected chi connectivity index (χ0v) is 17.7. The van der Waals surface area contributed by atoms with Gasteiger partial charge in [0.15, 0.2) is 0 Å². The molecular weight excluding hydrogens is 446 g/mol. The number of benzene rings is 1. The Kier molecular flexibility index (Phi) is 5.68. The predicted molar refractivity (Wildman–Crippen MR) is 113 cm³/mol. The third kappa shape index (κ3) is 4.45. The lowest BCUT2D eigenvalue weighted by Gasteiger charge is -2.30. The zero-order chi connectivity index (χ0) is 18.8. The summed E-state index contributed by atoms with van der Waals surface area (Å²) in [5.74, 6) is 0.504. The maximum atomic E-state index is 10.8. The molecule has 1 fully saturated rings. The molecule has 0 bridgehead atoms. The molecule has 1 saturated heterocycles. The van der Waals surface area contributed by atoms with E-state index < -0.39 is 0 Å². The number of piperidine rings is 1. The molecule has 1 aromatic carbocycles. The van der Waals surface area contributed by atoms with Crippen molar-refractivity contribution in [1.82, 2.24) is 9.88 Å². The average molecular weight is 464 g/mol. The van der Waals surface area contributed by atoms with Crippen molar-refractivity contribution in [2.45, 2.75) is 25.3 Å². The molecule has 0 atom stereocenters. The molecule has 0 saturated carbocycles. The molecule has 3 aromatic rings. The largest absolute Gasteiger partial charge is 0.324 e. The quantitative estimate of drug-likeness (QED) is 0.347. The van der Waals surface area contributed by atoms with Crippen LogP contribution in [0.1, 0.15) is 29.3 Å². The lowest BCUT2D eigenvalue weighted by Crippen LogP contribution is -2.32. The molecule has 1 aliphatic rings. The van der Waals surface area contributed by atoms with Crippen LogP contribution in [0.4, 0.5) is 5.00 Å². The first-order chi connectivity index (χ1) is 13.1. The number of halogens is 1. The fraction of sp³-hybridized carbons (Fsp3) is 0.316. The number of rotatable bonds is 5. The van der Waals surface area contributed by atoms with Crippen molar-refractivity contribution >= 4 is 43.6 Å². The van der Waals surface area contributed by atoms with Crippen LogP contribution in [0.5, 0.6) is 0 Å². The van der Waals surface area contributed by atoms with Crippen molar-refractivity contribution in [1.29, 1.82) is 0 Å². The van der Waals surface area contributed by atoms with Crippen molar-refractivity contribution in [3.05, 3.63) is 66.3 Å². The molecular formula is C19H18BrN3O2S2. The minimum absolute atomic E-state index is 0.225. The van der Waals surface area contributed by atoms with Gasteiger partial charge in [-0.15, -0.1) is 11.3 Å². The van der Waals surface area contributed by atoms with Crippen molar-refractivity contribution < 1.29 is 4.92 Å². The van der Waals surface area contributed by atoms with Gasteiger partial charge in [0.25, 0.3) is 0 Å². The lowest BCUT2D eigenvalue weighted by atomic mass is 9.97. The molecule has 8 heteroatoms. The van der Waals surface area contributed by atoms with Gasteiger partial charge in [-0.05, 0) is 43.6 Å². The highest BCUT2D eigenvalue weighted by atomic mass is 79.9. The molecule has 27 heavy (non-hydrogen) atoms. The van der Waals surface area contributed by atoms with Gasteiger partial charge in [0.05, 0.1) is 15.6 Å². The van der Waals surface area contributed by atoms with Gasteiger partial charge in [0, 0.05) is 39.3 Å². The Balaban J connectivity index is 1.36. The summed E-state index contributed by atoms with van der Waals surface area (Å²) in [5.41, 5.74) is 3.23. The number of hydrogen-bond donors (Lipinski definition) is 0. The molecule has 1 aliphatic heterocycles. The number of likely N-dealkylation sites (tertiary alicyclic amines) is 1. The summed E-state index contributed by atoms with van der Waals surface area (Å²) in [4.78, 5) is 17.8. The Morgan fingerprint density at radius 3 is 2.74 bits per heavy atom. The van der Waals surface area contributed by atoms with Gasteiger partial charge in [0.1, 0.15) is 0 Å². The van der Waals surface area contributed by atoms with Crippen LogP contribution in [0.15, 0.2) is 45.6 Å². The Labute approximate surface area is 174 Å². The van der Waals surface area contributed by atoms with Crippen LogP contribution in [0.25, 0.3) is 11.3 Å². The van der Waals surface area contributed by atoms with Crippen molar-refractivity contribution in [3.8, 4) is 11.3 Å². The summed E-state index contributed by atoms with van der Waals surface area (Å²) >= 11 is 6.48. The average Bonchev–Trinajstić information content (AvgIpc) is 3.32. The van der Waals surface area contributed by atoms with Gasteiger partial charge in [-0.2, -0.15) is 0 Å². The number of nitrogens with zero attached hydrogens (tertiary/aromatic N) is 3.